The zero-order valence-corrected chi connectivity index (χ0v) is 11.3. The highest BCUT2D eigenvalue weighted by Crippen LogP contribution is 2.26. The molecule has 1 fully saturated rings. The number of halogens is 1. The number of rotatable bonds is 1. The lowest BCUT2D eigenvalue weighted by Gasteiger charge is -2.24. The highest BCUT2D eigenvalue weighted by atomic mass is 19.1. The van der Waals surface area contributed by atoms with Crippen LogP contribution >= 0.6 is 0 Å². The van der Waals surface area contributed by atoms with Gasteiger partial charge in [0.1, 0.15) is 17.8 Å². The number of anilines is 1. The summed E-state index contributed by atoms with van der Waals surface area (Å²) in [7, 11) is 0. The number of likely N-dealkylation sites (tertiary alicyclic amines) is 1. The van der Waals surface area contributed by atoms with Gasteiger partial charge >= 0.3 is 6.09 Å². The van der Waals surface area contributed by atoms with Gasteiger partial charge in [-0.2, -0.15) is 5.10 Å². The molecule has 0 aliphatic carbocycles. The van der Waals surface area contributed by atoms with E-state index in [1.165, 1.54) is 15.8 Å². The first-order chi connectivity index (χ1) is 8.76. The van der Waals surface area contributed by atoms with E-state index < -0.39 is 23.9 Å². The Morgan fingerprint density at radius 1 is 1.53 bits per heavy atom. The molecule has 19 heavy (non-hydrogen) atoms. The van der Waals surface area contributed by atoms with Crippen LogP contribution in [0.25, 0.3) is 0 Å². The Kier molecular flexibility index (Phi) is 3.38. The van der Waals surface area contributed by atoms with E-state index in [2.05, 4.69) is 5.10 Å². The van der Waals surface area contributed by atoms with Crippen LogP contribution in [0, 0.1) is 0 Å². The quantitative estimate of drug-likeness (QED) is 0.841. The van der Waals surface area contributed by atoms with Gasteiger partial charge in [-0.1, -0.05) is 0 Å². The lowest BCUT2D eigenvalue weighted by Crippen LogP contribution is -2.35. The molecular formula is C12H19FN4O2. The number of amides is 1. The van der Waals surface area contributed by atoms with Crippen LogP contribution in [0.15, 0.2) is 12.4 Å². The van der Waals surface area contributed by atoms with E-state index >= 15 is 0 Å². The number of nitrogens with two attached hydrogens (primary N) is 1. The lowest BCUT2D eigenvalue weighted by molar-refractivity contribution is 0.0281. The molecule has 1 aliphatic heterocycles. The fourth-order valence-corrected chi connectivity index (χ4v) is 2.01. The SMILES string of the molecule is CC(C)(C)OC(=O)N1C[C@@H](F)[C@H](n2cc(N)cn2)C1. The summed E-state index contributed by atoms with van der Waals surface area (Å²) in [6, 6.07) is -0.509. The largest absolute Gasteiger partial charge is 0.444 e. The number of alkyl halides is 1. The third-order valence-corrected chi connectivity index (χ3v) is 2.83. The molecule has 0 bridgehead atoms. The molecule has 2 heterocycles. The van der Waals surface area contributed by atoms with Crippen LogP contribution in [-0.2, 0) is 4.74 Å². The van der Waals surface area contributed by atoms with Crippen molar-refractivity contribution in [2.75, 3.05) is 18.8 Å². The zero-order chi connectivity index (χ0) is 14.2. The molecule has 0 radical (unpaired) electrons. The van der Waals surface area contributed by atoms with Crippen molar-refractivity contribution in [2.24, 2.45) is 0 Å². The summed E-state index contributed by atoms with van der Waals surface area (Å²) in [5, 5.41) is 3.99. The number of hydrogen-bond donors (Lipinski definition) is 1. The van der Waals surface area contributed by atoms with E-state index in [0.29, 0.717) is 5.69 Å². The van der Waals surface area contributed by atoms with Crippen LogP contribution in [0.1, 0.15) is 26.8 Å². The minimum atomic E-state index is -1.17. The molecule has 1 saturated heterocycles. The van der Waals surface area contributed by atoms with Crippen LogP contribution in [0.3, 0.4) is 0 Å². The summed E-state index contributed by atoms with van der Waals surface area (Å²) < 4.78 is 20.7. The number of carbonyl (C=O) groups excluding carboxylic acids is 1. The Balaban J connectivity index is 2.03. The van der Waals surface area contributed by atoms with Crippen molar-refractivity contribution in [1.29, 1.82) is 0 Å². The molecule has 0 saturated carbocycles. The van der Waals surface area contributed by atoms with Crippen LogP contribution in [0.5, 0.6) is 0 Å². The van der Waals surface area contributed by atoms with Crippen LogP contribution in [-0.4, -0.2) is 45.6 Å². The Bertz CT molecular complexity index is 469. The Labute approximate surface area is 111 Å². The third-order valence-electron chi connectivity index (χ3n) is 2.83. The predicted molar refractivity (Wildman–Crippen MR) is 68.4 cm³/mol. The fourth-order valence-electron chi connectivity index (χ4n) is 2.01. The second-order valence-electron chi connectivity index (χ2n) is 5.72. The first-order valence-corrected chi connectivity index (χ1v) is 6.18. The molecule has 0 spiro atoms. The van der Waals surface area contributed by atoms with Crippen LogP contribution in [0.2, 0.25) is 0 Å². The van der Waals surface area contributed by atoms with Gasteiger partial charge in [-0.25, -0.2) is 9.18 Å². The van der Waals surface area contributed by atoms with Crippen molar-refractivity contribution < 1.29 is 13.9 Å². The molecule has 1 amide bonds. The molecule has 106 valence electrons. The normalized spacial score (nSPS) is 23.7. The van der Waals surface area contributed by atoms with E-state index in [-0.39, 0.29) is 13.1 Å². The smallest absolute Gasteiger partial charge is 0.410 e. The summed E-state index contributed by atoms with van der Waals surface area (Å²) in [4.78, 5) is 13.2. The number of hydrogen-bond acceptors (Lipinski definition) is 4. The van der Waals surface area contributed by atoms with Crippen molar-refractivity contribution >= 4 is 11.8 Å². The van der Waals surface area contributed by atoms with Gasteiger partial charge < -0.3 is 15.4 Å². The topological polar surface area (TPSA) is 73.4 Å². The molecule has 2 atom stereocenters. The van der Waals surface area contributed by atoms with E-state index in [4.69, 9.17) is 10.5 Å². The highest BCUT2D eigenvalue weighted by molar-refractivity contribution is 5.68. The van der Waals surface area contributed by atoms with Gasteiger partial charge in [-0.3, -0.25) is 4.68 Å². The molecule has 1 aliphatic rings. The maximum absolute atomic E-state index is 14.0. The van der Waals surface area contributed by atoms with Gasteiger partial charge in [0.2, 0.25) is 0 Å². The molecule has 0 unspecified atom stereocenters. The van der Waals surface area contributed by atoms with Crippen molar-refractivity contribution in [1.82, 2.24) is 14.7 Å². The number of nitrogen functional groups attached to an aromatic ring is 1. The number of aromatic nitrogens is 2. The second-order valence-corrected chi connectivity index (χ2v) is 5.72. The lowest BCUT2D eigenvalue weighted by atomic mass is 10.2. The minimum Gasteiger partial charge on any atom is -0.444 e. The van der Waals surface area contributed by atoms with Crippen LogP contribution < -0.4 is 5.73 Å². The van der Waals surface area contributed by atoms with E-state index in [0.717, 1.165) is 0 Å². The van der Waals surface area contributed by atoms with E-state index in [1.54, 1.807) is 27.0 Å². The third kappa shape index (κ3) is 3.15. The molecule has 1 aromatic rings. The Morgan fingerprint density at radius 2 is 2.21 bits per heavy atom. The van der Waals surface area contributed by atoms with Gasteiger partial charge in [-0.05, 0) is 20.8 Å². The standard InChI is InChI=1S/C12H19FN4O2/c1-12(2,3)19-11(18)16-6-9(13)10(7-16)17-5-8(14)4-15-17/h4-5,9-10H,6-7,14H2,1-3H3/t9-,10-/m1/s1. The fraction of sp³-hybridized carbons (Fsp3) is 0.667. The average molecular weight is 270 g/mol. The maximum atomic E-state index is 14.0. The molecule has 6 nitrogen and oxygen atoms in total. The summed E-state index contributed by atoms with van der Waals surface area (Å²) in [5.41, 5.74) is 5.45. The Hall–Kier alpha value is -1.79. The number of ether oxygens (including phenoxy) is 1. The Morgan fingerprint density at radius 3 is 2.74 bits per heavy atom. The maximum Gasteiger partial charge on any atom is 0.410 e. The predicted octanol–water partition coefficient (Wildman–Crippen LogP) is 1.60. The first-order valence-electron chi connectivity index (χ1n) is 6.18. The van der Waals surface area contributed by atoms with E-state index in [9.17, 15) is 9.18 Å². The van der Waals surface area contributed by atoms with Gasteiger partial charge in [0.25, 0.3) is 0 Å². The van der Waals surface area contributed by atoms with Crippen molar-refractivity contribution in [2.45, 2.75) is 38.6 Å². The first kappa shape index (κ1) is 13.6. The van der Waals surface area contributed by atoms with Crippen molar-refractivity contribution in [3.63, 3.8) is 0 Å². The minimum absolute atomic E-state index is 0.0132. The summed E-state index contributed by atoms with van der Waals surface area (Å²) in [6.07, 6.45) is 1.35. The molecular weight excluding hydrogens is 251 g/mol. The van der Waals surface area contributed by atoms with Gasteiger partial charge in [0, 0.05) is 12.7 Å². The molecule has 2 rings (SSSR count). The zero-order valence-electron chi connectivity index (χ0n) is 11.3. The molecule has 1 aromatic heterocycles. The summed E-state index contributed by atoms with van der Waals surface area (Å²) in [5.74, 6) is 0. The van der Waals surface area contributed by atoms with E-state index in [1.807, 2.05) is 0 Å². The molecule has 7 heteroatoms. The van der Waals surface area contributed by atoms with Crippen molar-refractivity contribution in [3.05, 3.63) is 12.4 Å². The highest BCUT2D eigenvalue weighted by Gasteiger charge is 2.38. The average Bonchev–Trinajstić information content (AvgIpc) is 2.82. The molecule has 2 N–H and O–H groups in total. The second kappa shape index (κ2) is 4.71. The van der Waals surface area contributed by atoms with Gasteiger partial charge in [0.15, 0.2) is 0 Å². The van der Waals surface area contributed by atoms with Gasteiger partial charge in [0.05, 0.1) is 18.4 Å². The number of carbonyl (C=O) groups is 1. The van der Waals surface area contributed by atoms with Gasteiger partial charge in [-0.15, -0.1) is 0 Å². The summed E-state index contributed by atoms with van der Waals surface area (Å²) >= 11 is 0. The monoisotopic (exact) mass is 270 g/mol. The summed E-state index contributed by atoms with van der Waals surface area (Å²) in [6.45, 7) is 5.58. The van der Waals surface area contributed by atoms with Crippen molar-refractivity contribution in [3.8, 4) is 0 Å². The molecule has 0 aromatic carbocycles. The number of nitrogens with zero attached hydrogens (tertiary/aromatic N) is 3. The van der Waals surface area contributed by atoms with Crippen LogP contribution in [0.4, 0.5) is 14.9 Å².